The van der Waals surface area contributed by atoms with Crippen molar-refractivity contribution < 1.29 is 14.3 Å². The third kappa shape index (κ3) is 8.94. The van der Waals surface area contributed by atoms with Crippen molar-refractivity contribution in [3.63, 3.8) is 0 Å². The molecular weight excluding hydrogens is 312 g/mol. The second-order valence-corrected chi connectivity index (χ2v) is 6.78. The Kier molecular flexibility index (Phi) is 11.8. The molecule has 0 aliphatic heterocycles. The zero-order chi connectivity index (χ0) is 18.3. The third-order valence-electron chi connectivity index (χ3n) is 4.59. The van der Waals surface area contributed by atoms with Crippen LogP contribution in [0.5, 0.6) is 5.75 Å². The molecule has 1 rings (SSSR count). The molecule has 0 spiro atoms. The summed E-state index contributed by atoms with van der Waals surface area (Å²) in [5.41, 5.74) is 0.516. The summed E-state index contributed by atoms with van der Waals surface area (Å²) in [6, 6.07) is 7.26. The predicted octanol–water partition coefficient (Wildman–Crippen LogP) is 6.55. The molecule has 3 nitrogen and oxygen atoms in total. The first kappa shape index (κ1) is 21.5. The molecule has 25 heavy (non-hydrogen) atoms. The molecule has 0 amide bonds. The average molecular weight is 349 g/mol. The normalized spacial score (nSPS) is 12.0. The van der Waals surface area contributed by atoms with Gasteiger partial charge in [-0.3, -0.25) is 0 Å². The van der Waals surface area contributed by atoms with Crippen molar-refractivity contribution in [3.05, 3.63) is 29.8 Å². The van der Waals surface area contributed by atoms with Gasteiger partial charge in [0.25, 0.3) is 0 Å². The molecule has 3 heteroatoms. The van der Waals surface area contributed by atoms with E-state index in [-0.39, 0.29) is 12.1 Å². The molecule has 0 radical (unpaired) electrons. The summed E-state index contributed by atoms with van der Waals surface area (Å²) in [6.07, 6.45) is 13.3. The molecule has 1 unspecified atom stereocenters. The summed E-state index contributed by atoms with van der Waals surface area (Å²) in [7, 11) is 1.58. The van der Waals surface area contributed by atoms with Gasteiger partial charge in [0, 0.05) is 0 Å². The largest absolute Gasteiger partial charge is 0.496 e. The predicted molar refractivity (Wildman–Crippen MR) is 104 cm³/mol. The molecule has 0 aliphatic carbocycles. The maximum atomic E-state index is 12.4. The number of unbranched alkanes of at least 4 members (excludes halogenated alkanes) is 7. The van der Waals surface area contributed by atoms with Crippen LogP contribution in [0.3, 0.4) is 0 Å². The molecule has 0 N–H and O–H groups in total. The van der Waals surface area contributed by atoms with E-state index in [4.69, 9.17) is 9.47 Å². The summed E-state index contributed by atoms with van der Waals surface area (Å²) in [5, 5.41) is 0. The quantitative estimate of drug-likeness (QED) is 0.282. The van der Waals surface area contributed by atoms with Gasteiger partial charge in [-0.2, -0.15) is 0 Å². The molecular formula is C22H36O3. The Morgan fingerprint density at radius 2 is 1.52 bits per heavy atom. The van der Waals surface area contributed by atoms with E-state index in [9.17, 15) is 4.79 Å². The van der Waals surface area contributed by atoms with Gasteiger partial charge in [0.05, 0.1) is 7.11 Å². The first-order valence-electron chi connectivity index (χ1n) is 10.1. The Hall–Kier alpha value is -1.51. The van der Waals surface area contributed by atoms with Gasteiger partial charge in [0.2, 0.25) is 0 Å². The van der Waals surface area contributed by atoms with E-state index in [1.807, 2.05) is 12.1 Å². The number of benzene rings is 1. The minimum absolute atomic E-state index is 0.0162. The zero-order valence-electron chi connectivity index (χ0n) is 16.4. The molecule has 0 heterocycles. The van der Waals surface area contributed by atoms with Crippen LogP contribution < -0.4 is 4.74 Å². The standard InChI is InChI=1S/C22H36O3/c1-4-6-7-8-9-10-11-12-16-19(15-5-2)25-22(23)20-17-13-14-18-21(20)24-3/h13-14,17-19H,4-12,15-16H2,1-3H3. The number of rotatable bonds is 14. The Bertz CT molecular complexity index is 470. The Balaban J connectivity index is 2.34. The van der Waals surface area contributed by atoms with Gasteiger partial charge in [-0.15, -0.1) is 0 Å². The maximum Gasteiger partial charge on any atom is 0.342 e. The highest BCUT2D eigenvalue weighted by molar-refractivity contribution is 5.92. The number of hydrogen-bond donors (Lipinski definition) is 0. The van der Waals surface area contributed by atoms with Crippen LogP contribution >= 0.6 is 0 Å². The highest BCUT2D eigenvalue weighted by Crippen LogP contribution is 2.21. The molecule has 0 aromatic heterocycles. The summed E-state index contributed by atoms with van der Waals surface area (Å²) in [6.45, 7) is 4.39. The van der Waals surface area contributed by atoms with E-state index in [0.717, 1.165) is 25.7 Å². The Labute approximate surface area is 154 Å². The van der Waals surface area contributed by atoms with E-state index >= 15 is 0 Å². The van der Waals surface area contributed by atoms with Crippen LogP contribution in [-0.2, 0) is 4.74 Å². The number of carbonyl (C=O) groups excluding carboxylic acids is 1. The highest BCUT2D eigenvalue weighted by atomic mass is 16.5. The number of ether oxygens (including phenoxy) is 2. The number of para-hydroxylation sites is 1. The number of carbonyl (C=O) groups is 1. The van der Waals surface area contributed by atoms with Gasteiger partial charge in [-0.25, -0.2) is 4.79 Å². The molecule has 1 aromatic rings. The molecule has 0 aliphatic rings. The summed E-state index contributed by atoms with van der Waals surface area (Å²) < 4.78 is 11.0. The van der Waals surface area contributed by atoms with Crippen molar-refractivity contribution in [3.8, 4) is 5.75 Å². The average Bonchev–Trinajstić information content (AvgIpc) is 2.63. The summed E-state index contributed by atoms with van der Waals surface area (Å²) in [5.74, 6) is 0.310. The van der Waals surface area contributed by atoms with Crippen LogP contribution in [0.25, 0.3) is 0 Å². The molecule has 142 valence electrons. The zero-order valence-corrected chi connectivity index (χ0v) is 16.4. The molecule has 0 saturated carbocycles. The lowest BCUT2D eigenvalue weighted by Crippen LogP contribution is -2.18. The second kappa shape index (κ2) is 13.7. The van der Waals surface area contributed by atoms with E-state index in [2.05, 4.69) is 13.8 Å². The van der Waals surface area contributed by atoms with E-state index < -0.39 is 0 Å². The van der Waals surface area contributed by atoms with Crippen molar-refractivity contribution in [2.75, 3.05) is 7.11 Å². The topological polar surface area (TPSA) is 35.5 Å². The molecule has 0 fully saturated rings. The summed E-state index contributed by atoms with van der Waals surface area (Å²) >= 11 is 0. The van der Waals surface area contributed by atoms with E-state index in [0.29, 0.717) is 11.3 Å². The summed E-state index contributed by atoms with van der Waals surface area (Å²) in [4.78, 5) is 12.4. The molecule has 1 aromatic carbocycles. The maximum absolute atomic E-state index is 12.4. The third-order valence-corrected chi connectivity index (χ3v) is 4.59. The second-order valence-electron chi connectivity index (χ2n) is 6.78. The lowest BCUT2D eigenvalue weighted by molar-refractivity contribution is 0.0250. The van der Waals surface area contributed by atoms with Gasteiger partial charge in [-0.05, 0) is 31.4 Å². The first-order chi connectivity index (χ1) is 12.2. The SMILES string of the molecule is CCCCCCCCCCC(CCC)OC(=O)c1ccccc1OC. The number of esters is 1. The van der Waals surface area contributed by atoms with Gasteiger partial charge in [0.15, 0.2) is 0 Å². The van der Waals surface area contributed by atoms with Crippen molar-refractivity contribution in [1.82, 2.24) is 0 Å². The Morgan fingerprint density at radius 3 is 2.16 bits per heavy atom. The minimum atomic E-state index is -0.268. The van der Waals surface area contributed by atoms with Crippen LogP contribution in [0.15, 0.2) is 24.3 Å². The smallest absolute Gasteiger partial charge is 0.342 e. The number of hydrogen-bond acceptors (Lipinski definition) is 3. The lowest BCUT2D eigenvalue weighted by atomic mass is 10.0. The highest BCUT2D eigenvalue weighted by Gasteiger charge is 2.18. The van der Waals surface area contributed by atoms with Crippen LogP contribution in [-0.4, -0.2) is 19.2 Å². The number of methoxy groups -OCH3 is 1. The lowest BCUT2D eigenvalue weighted by Gasteiger charge is -2.18. The van der Waals surface area contributed by atoms with Crippen LogP contribution in [0, 0.1) is 0 Å². The van der Waals surface area contributed by atoms with Crippen molar-refractivity contribution in [1.29, 1.82) is 0 Å². The van der Waals surface area contributed by atoms with Gasteiger partial charge < -0.3 is 9.47 Å². The van der Waals surface area contributed by atoms with Gasteiger partial charge in [0.1, 0.15) is 17.4 Å². The van der Waals surface area contributed by atoms with Crippen molar-refractivity contribution >= 4 is 5.97 Å². The van der Waals surface area contributed by atoms with E-state index in [1.54, 1.807) is 19.2 Å². The fourth-order valence-electron chi connectivity index (χ4n) is 3.12. The molecule has 1 atom stereocenters. The van der Waals surface area contributed by atoms with Crippen molar-refractivity contribution in [2.24, 2.45) is 0 Å². The fourth-order valence-corrected chi connectivity index (χ4v) is 3.12. The molecule has 0 bridgehead atoms. The van der Waals surface area contributed by atoms with Crippen LogP contribution in [0.1, 0.15) is 94.8 Å². The van der Waals surface area contributed by atoms with E-state index in [1.165, 1.54) is 44.9 Å². The van der Waals surface area contributed by atoms with Gasteiger partial charge >= 0.3 is 5.97 Å². The van der Waals surface area contributed by atoms with Crippen LogP contribution in [0.4, 0.5) is 0 Å². The molecule has 0 saturated heterocycles. The minimum Gasteiger partial charge on any atom is -0.496 e. The van der Waals surface area contributed by atoms with Gasteiger partial charge in [-0.1, -0.05) is 77.3 Å². The Morgan fingerprint density at radius 1 is 0.880 bits per heavy atom. The van der Waals surface area contributed by atoms with Crippen LogP contribution in [0.2, 0.25) is 0 Å². The fraction of sp³-hybridized carbons (Fsp3) is 0.682. The monoisotopic (exact) mass is 348 g/mol. The first-order valence-corrected chi connectivity index (χ1v) is 10.1. The van der Waals surface area contributed by atoms with Crippen molar-refractivity contribution in [2.45, 2.75) is 90.6 Å².